The molecule has 8 heteroatoms. The van der Waals surface area contributed by atoms with Crippen LogP contribution in [0.3, 0.4) is 0 Å². The summed E-state index contributed by atoms with van der Waals surface area (Å²) in [5, 5.41) is 13.5. The molecule has 1 heterocycles. The Morgan fingerprint density at radius 3 is 2.11 bits per heavy atom. The van der Waals surface area contributed by atoms with E-state index in [0.29, 0.717) is 31.9 Å². The molecule has 36 heavy (non-hydrogen) atoms. The number of hydrogen-bond donors (Lipinski definition) is 0. The monoisotopic (exact) mass is 508 g/mol. The number of hydrogen-bond acceptors (Lipinski definition) is 5. The normalized spacial score (nSPS) is 17.2. The van der Waals surface area contributed by atoms with Gasteiger partial charge in [-0.15, -0.1) is 0 Å². The van der Waals surface area contributed by atoms with Crippen molar-refractivity contribution in [2.24, 2.45) is 0 Å². The maximum atomic E-state index is 13.5. The Bertz CT molecular complexity index is 1230. The highest BCUT2D eigenvalue weighted by molar-refractivity contribution is 7.88. The lowest BCUT2D eigenvalue weighted by Gasteiger charge is -2.40. The van der Waals surface area contributed by atoms with Crippen LogP contribution in [-0.2, 0) is 15.8 Å². The van der Waals surface area contributed by atoms with Gasteiger partial charge in [0.2, 0.25) is 10.0 Å². The van der Waals surface area contributed by atoms with Crippen molar-refractivity contribution in [3.63, 3.8) is 0 Å². The molecule has 0 aliphatic carbocycles. The first kappa shape index (κ1) is 26.0. The molecule has 190 valence electrons. The second-order valence-corrected chi connectivity index (χ2v) is 11.0. The van der Waals surface area contributed by atoms with Crippen LogP contribution in [0.25, 0.3) is 0 Å². The summed E-state index contributed by atoms with van der Waals surface area (Å²) in [5.74, 6) is -0.366. The van der Waals surface area contributed by atoms with Crippen LogP contribution in [0.1, 0.15) is 24.0 Å². The molecule has 1 aliphatic rings. The number of hydroxylamine groups is 1. The SMILES string of the molecule is CC(c1ccc(F)cc1)C(/C=C\N([O-])c1ccccc1)N1CCN(S(=O)(=O)Cc2ccccc2)CC1. The molecule has 6 nitrogen and oxygen atoms in total. The lowest BCUT2D eigenvalue weighted by atomic mass is 9.91. The Morgan fingerprint density at radius 2 is 1.50 bits per heavy atom. The van der Waals surface area contributed by atoms with Gasteiger partial charge < -0.3 is 10.3 Å². The predicted octanol–water partition coefficient (Wildman–Crippen LogP) is 4.96. The van der Waals surface area contributed by atoms with Crippen molar-refractivity contribution in [3.8, 4) is 0 Å². The van der Waals surface area contributed by atoms with Gasteiger partial charge in [-0.05, 0) is 41.6 Å². The highest BCUT2D eigenvalue weighted by atomic mass is 32.2. The molecule has 0 amide bonds. The van der Waals surface area contributed by atoms with Crippen molar-refractivity contribution in [1.29, 1.82) is 0 Å². The molecular weight excluding hydrogens is 477 g/mol. The summed E-state index contributed by atoms with van der Waals surface area (Å²) >= 11 is 0. The van der Waals surface area contributed by atoms with Crippen LogP contribution in [0.5, 0.6) is 0 Å². The average molecular weight is 509 g/mol. The summed E-state index contributed by atoms with van der Waals surface area (Å²) in [6, 6.07) is 24.3. The first-order valence-electron chi connectivity index (χ1n) is 12.0. The molecule has 1 fully saturated rings. The van der Waals surface area contributed by atoms with Gasteiger partial charge >= 0.3 is 0 Å². The minimum absolute atomic E-state index is 0.0224. The van der Waals surface area contributed by atoms with Crippen molar-refractivity contribution >= 4 is 15.7 Å². The van der Waals surface area contributed by atoms with Gasteiger partial charge in [0.05, 0.1) is 5.75 Å². The Balaban J connectivity index is 1.49. The third kappa shape index (κ3) is 6.59. The second-order valence-electron chi connectivity index (χ2n) is 9.01. The van der Waals surface area contributed by atoms with Crippen LogP contribution in [0.15, 0.2) is 97.2 Å². The smallest absolute Gasteiger partial charge is 0.218 e. The van der Waals surface area contributed by atoms with E-state index in [1.807, 2.05) is 61.5 Å². The van der Waals surface area contributed by atoms with E-state index in [1.54, 1.807) is 28.6 Å². The van der Waals surface area contributed by atoms with E-state index in [1.165, 1.54) is 18.3 Å². The molecule has 1 saturated heterocycles. The maximum absolute atomic E-state index is 13.5. The van der Waals surface area contributed by atoms with Crippen molar-refractivity contribution < 1.29 is 12.8 Å². The average Bonchev–Trinajstić information content (AvgIpc) is 2.90. The van der Waals surface area contributed by atoms with Crippen LogP contribution in [0, 0.1) is 11.0 Å². The zero-order valence-electron chi connectivity index (χ0n) is 20.3. The standard InChI is InChI=1S/C28H31FN3O3S/c1-23(25-12-14-26(29)15-13-25)28(16-17-32(33)27-10-6-3-7-11-27)30-18-20-31(21-19-30)36(34,35)22-24-8-4-2-5-9-24/h2-17,23,28H,18-22H2,1H3/q-1/b17-16-. The Hall–Kier alpha value is -3.04. The molecule has 3 aromatic rings. The number of halogens is 1. The van der Waals surface area contributed by atoms with Gasteiger partial charge in [0.25, 0.3) is 0 Å². The number of benzene rings is 3. The summed E-state index contributed by atoms with van der Waals surface area (Å²) in [6.07, 6.45) is 3.38. The van der Waals surface area contributed by atoms with Crippen LogP contribution in [-0.4, -0.2) is 49.8 Å². The Labute approximate surface area is 212 Å². The second kappa shape index (κ2) is 11.8. The molecule has 0 radical (unpaired) electrons. The maximum Gasteiger partial charge on any atom is 0.218 e. The van der Waals surface area contributed by atoms with Gasteiger partial charge in [-0.25, -0.2) is 12.8 Å². The van der Waals surface area contributed by atoms with E-state index < -0.39 is 10.0 Å². The number of nitrogens with zero attached hydrogens (tertiary/aromatic N) is 3. The molecule has 2 atom stereocenters. The van der Waals surface area contributed by atoms with Gasteiger partial charge in [-0.1, -0.05) is 73.7 Å². The Morgan fingerprint density at radius 1 is 0.917 bits per heavy atom. The lowest BCUT2D eigenvalue weighted by Crippen LogP contribution is -2.52. The van der Waals surface area contributed by atoms with Gasteiger partial charge in [-0.2, -0.15) is 4.31 Å². The molecule has 2 unspecified atom stereocenters. The third-order valence-corrected chi connectivity index (χ3v) is 8.47. The molecular formula is C28H31FN3O3S-. The van der Waals surface area contributed by atoms with Gasteiger partial charge in [-0.3, -0.25) is 4.90 Å². The number of para-hydroxylation sites is 1. The fraction of sp³-hybridized carbons (Fsp3) is 0.286. The van der Waals surface area contributed by atoms with Crippen LogP contribution >= 0.6 is 0 Å². The van der Waals surface area contributed by atoms with E-state index in [0.717, 1.165) is 16.2 Å². The largest absolute Gasteiger partial charge is 0.754 e. The highest BCUT2D eigenvalue weighted by Crippen LogP contribution is 2.27. The molecule has 0 N–H and O–H groups in total. The first-order valence-corrected chi connectivity index (χ1v) is 13.7. The zero-order valence-corrected chi connectivity index (χ0v) is 21.1. The predicted molar refractivity (Wildman–Crippen MR) is 142 cm³/mol. The van der Waals surface area contributed by atoms with Crippen molar-refractivity contribution in [2.75, 3.05) is 31.2 Å². The topological polar surface area (TPSA) is 66.9 Å². The van der Waals surface area contributed by atoms with Crippen molar-refractivity contribution in [2.45, 2.75) is 24.6 Å². The summed E-state index contributed by atoms with van der Waals surface area (Å²) in [6.45, 7) is 3.83. The van der Waals surface area contributed by atoms with Crippen molar-refractivity contribution in [3.05, 3.63) is 119 Å². The lowest BCUT2D eigenvalue weighted by molar-refractivity contribution is 0.146. The minimum atomic E-state index is -3.44. The van der Waals surface area contributed by atoms with Crippen molar-refractivity contribution in [1.82, 2.24) is 9.21 Å². The summed E-state index contributed by atoms with van der Waals surface area (Å²) in [7, 11) is -3.44. The minimum Gasteiger partial charge on any atom is -0.754 e. The number of rotatable bonds is 9. The van der Waals surface area contributed by atoms with Crippen LogP contribution in [0.2, 0.25) is 0 Å². The molecule has 4 rings (SSSR count). The molecule has 3 aromatic carbocycles. The van der Waals surface area contributed by atoms with Gasteiger partial charge in [0.15, 0.2) is 0 Å². The van der Waals surface area contributed by atoms with E-state index >= 15 is 0 Å². The van der Waals surface area contributed by atoms with Gasteiger partial charge in [0.1, 0.15) is 5.82 Å². The molecule has 0 saturated carbocycles. The third-order valence-electron chi connectivity index (χ3n) is 6.62. The fourth-order valence-corrected chi connectivity index (χ4v) is 6.07. The van der Waals surface area contributed by atoms with Gasteiger partial charge in [0, 0.05) is 43.8 Å². The van der Waals surface area contributed by atoms with E-state index in [2.05, 4.69) is 4.90 Å². The highest BCUT2D eigenvalue weighted by Gasteiger charge is 2.31. The first-order chi connectivity index (χ1) is 17.3. The van der Waals surface area contributed by atoms with Crippen LogP contribution < -0.4 is 5.06 Å². The van der Waals surface area contributed by atoms with E-state index in [9.17, 15) is 18.0 Å². The fourth-order valence-electron chi connectivity index (χ4n) is 4.55. The summed E-state index contributed by atoms with van der Waals surface area (Å²) in [4.78, 5) is 2.19. The number of anilines is 1. The molecule has 1 aliphatic heterocycles. The summed E-state index contributed by atoms with van der Waals surface area (Å²) < 4.78 is 41.1. The molecule has 0 bridgehead atoms. The molecule has 0 aromatic heterocycles. The molecule has 0 spiro atoms. The van der Waals surface area contributed by atoms with E-state index in [-0.39, 0.29) is 23.5 Å². The van der Waals surface area contributed by atoms with E-state index in [4.69, 9.17) is 0 Å². The van der Waals surface area contributed by atoms with Crippen LogP contribution in [0.4, 0.5) is 10.1 Å². The number of piperazine rings is 1. The summed E-state index contributed by atoms with van der Waals surface area (Å²) in [5.41, 5.74) is 2.24. The Kier molecular flexibility index (Phi) is 8.53. The zero-order chi connectivity index (χ0) is 25.5. The number of sulfonamides is 1. The quantitative estimate of drug-likeness (QED) is 0.382.